The summed E-state index contributed by atoms with van der Waals surface area (Å²) >= 11 is 0. The number of aryl methyl sites for hydroxylation is 1. The summed E-state index contributed by atoms with van der Waals surface area (Å²) in [5.41, 5.74) is 3.37. The number of para-hydroxylation sites is 1. The topological polar surface area (TPSA) is 46.4 Å². The van der Waals surface area contributed by atoms with Crippen LogP contribution in [0.25, 0.3) is 10.9 Å². The summed E-state index contributed by atoms with van der Waals surface area (Å²) in [7, 11) is 3.70. The highest BCUT2D eigenvalue weighted by atomic mass is 35.5. The van der Waals surface area contributed by atoms with Crippen molar-refractivity contribution in [3.05, 3.63) is 59.8 Å². The Morgan fingerprint density at radius 3 is 2.67 bits per heavy atom. The Hall–Kier alpha value is -2.17. The van der Waals surface area contributed by atoms with Gasteiger partial charge in [0.1, 0.15) is 11.5 Å². The van der Waals surface area contributed by atoms with Crippen molar-refractivity contribution in [1.29, 1.82) is 0 Å². The van der Waals surface area contributed by atoms with Crippen LogP contribution in [0.5, 0.6) is 11.5 Å². The smallest absolute Gasteiger partial charge is 0.125 e. The zero-order valence-corrected chi connectivity index (χ0v) is 14.8. The van der Waals surface area contributed by atoms with E-state index in [1.54, 1.807) is 13.2 Å². The van der Waals surface area contributed by atoms with Crippen LogP contribution in [0.1, 0.15) is 11.1 Å². The first kappa shape index (κ1) is 18.2. The molecular weight excluding hydrogens is 324 g/mol. The number of nitrogens with zero attached hydrogens (tertiary/aromatic N) is 1. The highest BCUT2D eigenvalue weighted by molar-refractivity contribution is 5.89. The van der Waals surface area contributed by atoms with Crippen LogP contribution in [0.2, 0.25) is 0 Å². The monoisotopic (exact) mass is 346 g/mol. The number of hydrogen-bond donors (Lipinski definition) is 2. The van der Waals surface area contributed by atoms with E-state index in [4.69, 9.17) is 4.74 Å². The Labute approximate surface area is 148 Å². The average Bonchev–Trinajstić information content (AvgIpc) is 2.89. The highest BCUT2D eigenvalue weighted by Gasteiger charge is 2.10. The molecule has 0 amide bonds. The number of rotatable bonds is 6. The fourth-order valence-electron chi connectivity index (χ4n) is 3.00. The van der Waals surface area contributed by atoms with E-state index in [2.05, 4.69) is 22.1 Å². The lowest BCUT2D eigenvalue weighted by Crippen LogP contribution is -2.17. The van der Waals surface area contributed by atoms with E-state index in [-0.39, 0.29) is 12.4 Å². The molecule has 1 heterocycles. The van der Waals surface area contributed by atoms with Crippen LogP contribution < -0.4 is 10.1 Å². The maximum Gasteiger partial charge on any atom is 0.125 e. The number of methoxy groups -OCH3 is 1. The van der Waals surface area contributed by atoms with Gasteiger partial charge in [-0.05, 0) is 36.7 Å². The summed E-state index contributed by atoms with van der Waals surface area (Å²) in [5.74, 6) is 1.26. The SMILES string of the molecule is COc1ccccc1CNCCc1cn(C)c2cccc(O)c12.Cl. The molecule has 0 fully saturated rings. The molecular formula is C19H23ClN2O2. The van der Waals surface area contributed by atoms with Crippen molar-refractivity contribution in [2.24, 2.45) is 7.05 Å². The van der Waals surface area contributed by atoms with E-state index in [0.29, 0.717) is 5.75 Å². The van der Waals surface area contributed by atoms with Gasteiger partial charge in [-0.2, -0.15) is 0 Å². The predicted octanol–water partition coefficient (Wildman–Crippen LogP) is 3.65. The highest BCUT2D eigenvalue weighted by Crippen LogP contribution is 2.29. The van der Waals surface area contributed by atoms with E-state index in [9.17, 15) is 5.11 Å². The molecule has 3 rings (SSSR count). The maximum atomic E-state index is 10.1. The lowest BCUT2D eigenvalue weighted by Gasteiger charge is -2.09. The maximum absolute atomic E-state index is 10.1. The number of aromatic nitrogens is 1. The van der Waals surface area contributed by atoms with Gasteiger partial charge in [0.25, 0.3) is 0 Å². The predicted molar refractivity (Wildman–Crippen MR) is 100 cm³/mol. The fraction of sp³-hybridized carbons (Fsp3) is 0.263. The average molecular weight is 347 g/mol. The van der Waals surface area contributed by atoms with E-state index in [0.717, 1.165) is 47.3 Å². The molecule has 3 aromatic rings. The third-order valence-electron chi connectivity index (χ3n) is 4.15. The Morgan fingerprint density at radius 1 is 1.08 bits per heavy atom. The van der Waals surface area contributed by atoms with Gasteiger partial charge < -0.3 is 19.7 Å². The second kappa shape index (κ2) is 8.08. The molecule has 0 bridgehead atoms. The number of nitrogens with one attached hydrogen (secondary N) is 1. The van der Waals surface area contributed by atoms with Gasteiger partial charge in [-0.3, -0.25) is 0 Å². The lowest BCUT2D eigenvalue weighted by atomic mass is 10.1. The molecule has 0 atom stereocenters. The van der Waals surface area contributed by atoms with Crippen molar-refractivity contribution >= 4 is 23.3 Å². The molecule has 0 saturated carbocycles. The Morgan fingerprint density at radius 2 is 1.88 bits per heavy atom. The molecule has 24 heavy (non-hydrogen) atoms. The molecule has 4 nitrogen and oxygen atoms in total. The van der Waals surface area contributed by atoms with Gasteiger partial charge in [0, 0.05) is 30.7 Å². The summed E-state index contributed by atoms with van der Waals surface area (Å²) < 4.78 is 7.42. The molecule has 5 heteroatoms. The van der Waals surface area contributed by atoms with Crippen LogP contribution in [0, 0.1) is 0 Å². The molecule has 128 valence electrons. The summed E-state index contributed by atoms with van der Waals surface area (Å²) in [4.78, 5) is 0. The summed E-state index contributed by atoms with van der Waals surface area (Å²) in [6.07, 6.45) is 2.96. The molecule has 0 aliphatic rings. The van der Waals surface area contributed by atoms with E-state index in [1.165, 1.54) is 0 Å². The second-order valence-corrected chi connectivity index (χ2v) is 5.68. The van der Waals surface area contributed by atoms with Crippen LogP contribution >= 0.6 is 12.4 Å². The number of benzene rings is 2. The molecule has 2 N–H and O–H groups in total. The van der Waals surface area contributed by atoms with Crippen molar-refractivity contribution in [1.82, 2.24) is 9.88 Å². The van der Waals surface area contributed by atoms with E-state index < -0.39 is 0 Å². The number of fused-ring (bicyclic) bond motifs is 1. The molecule has 0 saturated heterocycles. The molecule has 0 unspecified atom stereocenters. The molecule has 2 aromatic carbocycles. The van der Waals surface area contributed by atoms with E-state index >= 15 is 0 Å². The number of ether oxygens (including phenoxy) is 1. The van der Waals surface area contributed by atoms with Crippen molar-refractivity contribution in [3.63, 3.8) is 0 Å². The summed E-state index contributed by atoms with van der Waals surface area (Å²) in [6, 6.07) is 13.7. The summed E-state index contributed by atoms with van der Waals surface area (Å²) in [6.45, 7) is 1.60. The molecule has 1 aromatic heterocycles. The minimum Gasteiger partial charge on any atom is -0.507 e. The Kier molecular flexibility index (Phi) is 6.12. The van der Waals surface area contributed by atoms with Crippen LogP contribution in [-0.2, 0) is 20.0 Å². The zero-order valence-electron chi connectivity index (χ0n) is 14.0. The normalized spacial score (nSPS) is 10.6. The van der Waals surface area contributed by atoms with Gasteiger partial charge >= 0.3 is 0 Å². The van der Waals surface area contributed by atoms with Crippen molar-refractivity contribution in [2.45, 2.75) is 13.0 Å². The van der Waals surface area contributed by atoms with Crippen LogP contribution in [0.4, 0.5) is 0 Å². The van der Waals surface area contributed by atoms with Crippen molar-refractivity contribution in [2.75, 3.05) is 13.7 Å². The van der Waals surface area contributed by atoms with Gasteiger partial charge in [-0.1, -0.05) is 24.3 Å². The molecule has 0 spiro atoms. The van der Waals surface area contributed by atoms with Gasteiger partial charge in [0.15, 0.2) is 0 Å². The number of phenolic OH excluding ortho intramolecular Hbond substituents is 1. The minimum absolute atomic E-state index is 0. The van der Waals surface area contributed by atoms with Gasteiger partial charge in [-0.25, -0.2) is 0 Å². The van der Waals surface area contributed by atoms with E-state index in [1.807, 2.05) is 37.4 Å². The standard InChI is InChI=1S/C19H22N2O2.ClH/c1-21-13-15(19-16(21)7-5-8-17(19)22)10-11-20-12-14-6-3-4-9-18(14)23-2;/h3-9,13,20,22H,10-12H2,1-2H3;1H. The number of phenols is 1. The number of aromatic hydroxyl groups is 1. The third-order valence-corrected chi connectivity index (χ3v) is 4.15. The molecule has 0 aliphatic heterocycles. The molecule has 0 radical (unpaired) electrons. The van der Waals surface area contributed by atoms with Gasteiger partial charge in [0.2, 0.25) is 0 Å². The number of hydrogen-bond acceptors (Lipinski definition) is 3. The lowest BCUT2D eigenvalue weighted by molar-refractivity contribution is 0.408. The first-order valence-electron chi connectivity index (χ1n) is 7.79. The third kappa shape index (κ3) is 3.66. The van der Waals surface area contributed by atoms with Crippen LogP contribution in [0.3, 0.4) is 0 Å². The summed E-state index contributed by atoms with van der Waals surface area (Å²) in [5, 5.41) is 14.5. The Balaban J connectivity index is 0.00000208. The van der Waals surface area contributed by atoms with Gasteiger partial charge in [-0.15, -0.1) is 12.4 Å². The first-order valence-corrected chi connectivity index (χ1v) is 7.79. The second-order valence-electron chi connectivity index (χ2n) is 5.68. The first-order chi connectivity index (χ1) is 11.2. The van der Waals surface area contributed by atoms with Crippen LogP contribution in [-0.4, -0.2) is 23.3 Å². The fourth-order valence-corrected chi connectivity index (χ4v) is 3.00. The molecule has 0 aliphatic carbocycles. The van der Waals surface area contributed by atoms with Crippen molar-refractivity contribution < 1.29 is 9.84 Å². The van der Waals surface area contributed by atoms with Crippen molar-refractivity contribution in [3.8, 4) is 11.5 Å². The largest absolute Gasteiger partial charge is 0.507 e. The minimum atomic E-state index is 0. The van der Waals surface area contributed by atoms with Crippen LogP contribution in [0.15, 0.2) is 48.7 Å². The zero-order chi connectivity index (χ0) is 16.2. The Bertz CT molecular complexity index is 814. The number of halogens is 1. The quantitative estimate of drug-likeness (QED) is 0.670. The van der Waals surface area contributed by atoms with Gasteiger partial charge in [0.05, 0.1) is 12.6 Å².